The van der Waals surface area contributed by atoms with E-state index in [0.29, 0.717) is 0 Å². The number of hydrogen-bond donors (Lipinski definition) is 1. The predicted molar refractivity (Wildman–Crippen MR) is 100 cm³/mol. The lowest BCUT2D eigenvalue weighted by molar-refractivity contribution is 0.172. The van der Waals surface area contributed by atoms with Gasteiger partial charge in [-0.1, -0.05) is 24.3 Å². The van der Waals surface area contributed by atoms with Crippen molar-refractivity contribution in [1.82, 2.24) is 9.69 Å². The van der Waals surface area contributed by atoms with Crippen molar-refractivity contribution >= 4 is 37.5 Å². The number of ether oxygens (including phenoxy) is 2. The summed E-state index contributed by atoms with van der Waals surface area (Å²) in [6.07, 6.45) is 0.907. The second-order valence-electron chi connectivity index (χ2n) is 5.75. The molecule has 1 unspecified atom stereocenters. The van der Waals surface area contributed by atoms with Crippen molar-refractivity contribution in [3.05, 3.63) is 52.1 Å². The molecule has 0 aliphatic carbocycles. The maximum absolute atomic E-state index is 5.64. The molecule has 124 valence electrons. The number of hydrogen-bond acceptors (Lipinski definition) is 5. The molecule has 2 aromatic carbocycles. The fourth-order valence-electron chi connectivity index (χ4n) is 2.96. The number of aromatic nitrogens is 1. The molecule has 0 amide bonds. The summed E-state index contributed by atoms with van der Waals surface area (Å²) in [5.41, 5.74) is 2.28. The van der Waals surface area contributed by atoms with E-state index < -0.39 is 0 Å². The summed E-state index contributed by atoms with van der Waals surface area (Å²) in [6.45, 7) is 3.29. The van der Waals surface area contributed by atoms with Gasteiger partial charge in [0.2, 0.25) is 6.79 Å². The Bertz CT molecular complexity index is 881. The molecular formula is C18H17BrN2O2S. The van der Waals surface area contributed by atoms with Gasteiger partial charge in [0.15, 0.2) is 11.5 Å². The minimum atomic E-state index is 0.179. The van der Waals surface area contributed by atoms with Crippen LogP contribution in [0.4, 0.5) is 0 Å². The summed E-state index contributed by atoms with van der Waals surface area (Å²) in [5.74, 6) is 1.63. The lowest BCUT2D eigenvalue weighted by atomic mass is 10.1. The quantitative estimate of drug-likeness (QED) is 0.670. The number of nitrogens with one attached hydrogen (secondary N) is 1. The highest BCUT2D eigenvalue weighted by molar-refractivity contribution is 9.10. The zero-order chi connectivity index (χ0) is 16.5. The molecule has 0 saturated heterocycles. The first-order valence-corrected chi connectivity index (χ1v) is 9.45. The first kappa shape index (κ1) is 15.9. The summed E-state index contributed by atoms with van der Waals surface area (Å²) in [5, 5.41) is 4.83. The topological polar surface area (TPSA) is 43.4 Å². The van der Waals surface area contributed by atoms with Crippen molar-refractivity contribution < 1.29 is 9.47 Å². The van der Waals surface area contributed by atoms with Crippen LogP contribution < -0.4 is 14.8 Å². The van der Waals surface area contributed by atoms with Crippen LogP contribution in [0.15, 0.2) is 40.9 Å². The Balaban J connectivity index is 1.44. The van der Waals surface area contributed by atoms with Crippen LogP contribution in [-0.2, 0) is 6.42 Å². The molecule has 0 bridgehead atoms. The molecule has 4 rings (SSSR count). The van der Waals surface area contributed by atoms with Crippen molar-refractivity contribution in [2.24, 2.45) is 0 Å². The minimum absolute atomic E-state index is 0.179. The summed E-state index contributed by atoms with van der Waals surface area (Å²) in [4.78, 5) is 0. The SMILES string of the molecule is CC(NCCc1nsc2ccccc12)c1ccc(Br)c2c1OCO2. The number of halogens is 1. The monoisotopic (exact) mass is 404 g/mol. The lowest BCUT2D eigenvalue weighted by Gasteiger charge is -2.16. The van der Waals surface area contributed by atoms with Crippen molar-refractivity contribution in [2.45, 2.75) is 19.4 Å². The van der Waals surface area contributed by atoms with Crippen LogP contribution in [0.3, 0.4) is 0 Å². The zero-order valence-electron chi connectivity index (χ0n) is 13.2. The van der Waals surface area contributed by atoms with Gasteiger partial charge >= 0.3 is 0 Å². The highest BCUT2D eigenvalue weighted by Crippen LogP contribution is 2.43. The van der Waals surface area contributed by atoms with Gasteiger partial charge in [0.1, 0.15) is 0 Å². The fourth-order valence-corrected chi connectivity index (χ4v) is 4.21. The maximum Gasteiger partial charge on any atom is 0.231 e. The molecule has 3 aromatic rings. The molecule has 1 N–H and O–H groups in total. The van der Waals surface area contributed by atoms with E-state index in [0.717, 1.165) is 40.2 Å². The average Bonchev–Trinajstić information content (AvgIpc) is 3.23. The number of rotatable bonds is 5. The van der Waals surface area contributed by atoms with Crippen LogP contribution in [0.5, 0.6) is 11.5 Å². The second-order valence-corrected chi connectivity index (χ2v) is 7.41. The third kappa shape index (κ3) is 2.90. The molecule has 0 radical (unpaired) electrons. The van der Waals surface area contributed by atoms with E-state index in [1.807, 2.05) is 6.07 Å². The van der Waals surface area contributed by atoms with Gasteiger partial charge in [0, 0.05) is 30.0 Å². The van der Waals surface area contributed by atoms with E-state index in [9.17, 15) is 0 Å². The van der Waals surface area contributed by atoms with Crippen molar-refractivity contribution in [3.63, 3.8) is 0 Å². The Kier molecular flexibility index (Phi) is 4.43. The van der Waals surface area contributed by atoms with Gasteiger partial charge in [-0.15, -0.1) is 0 Å². The van der Waals surface area contributed by atoms with Gasteiger partial charge < -0.3 is 14.8 Å². The van der Waals surface area contributed by atoms with Crippen molar-refractivity contribution in [2.75, 3.05) is 13.3 Å². The molecule has 1 aliphatic heterocycles. The number of nitrogens with zero attached hydrogens (tertiary/aromatic N) is 1. The Morgan fingerprint density at radius 3 is 2.96 bits per heavy atom. The van der Waals surface area contributed by atoms with Crippen LogP contribution in [0.1, 0.15) is 24.2 Å². The summed E-state index contributed by atoms with van der Waals surface area (Å²) < 4.78 is 17.9. The zero-order valence-corrected chi connectivity index (χ0v) is 15.6. The third-order valence-corrected chi connectivity index (χ3v) is 5.72. The Labute approximate surface area is 153 Å². The third-order valence-electron chi connectivity index (χ3n) is 4.23. The van der Waals surface area contributed by atoms with Crippen LogP contribution in [0.25, 0.3) is 10.1 Å². The van der Waals surface area contributed by atoms with Gasteiger partial charge in [-0.25, -0.2) is 0 Å². The number of fused-ring (bicyclic) bond motifs is 2. The molecule has 0 fully saturated rings. The van der Waals surface area contributed by atoms with Crippen molar-refractivity contribution in [3.8, 4) is 11.5 Å². The smallest absolute Gasteiger partial charge is 0.231 e. The van der Waals surface area contributed by atoms with Crippen LogP contribution in [-0.4, -0.2) is 17.7 Å². The first-order chi connectivity index (χ1) is 11.7. The average molecular weight is 405 g/mol. The largest absolute Gasteiger partial charge is 0.453 e. The van der Waals surface area contributed by atoms with Gasteiger partial charge in [0.25, 0.3) is 0 Å². The molecule has 1 aliphatic rings. The summed E-state index contributed by atoms with van der Waals surface area (Å²) >= 11 is 5.07. The van der Waals surface area contributed by atoms with E-state index in [1.54, 1.807) is 11.5 Å². The normalized spacial score (nSPS) is 14.2. The Hall–Kier alpha value is -1.63. The fraction of sp³-hybridized carbons (Fsp3) is 0.278. The molecule has 24 heavy (non-hydrogen) atoms. The van der Waals surface area contributed by atoms with E-state index in [-0.39, 0.29) is 12.8 Å². The van der Waals surface area contributed by atoms with E-state index in [4.69, 9.17) is 9.47 Å². The summed E-state index contributed by atoms with van der Waals surface area (Å²) in [7, 11) is 0. The van der Waals surface area contributed by atoms with E-state index in [2.05, 4.69) is 62.9 Å². The van der Waals surface area contributed by atoms with Crippen molar-refractivity contribution in [1.29, 1.82) is 0 Å². The standard InChI is InChI=1S/C18H17BrN2O2S/c1-11(12-6-7-14(19)18-17(12)22-10-23-18)20-9-8-15-13-4-2-3-5-16(13)24-21-15/h2-7,11,20H,8-10H2,1H3. The van der Waals surface area contributed by atoms with E-state index >= 15 is 0 Å². The van der Waals surface area contributed by atoms with E-state index in [1.165, 1.54) is 10.1 Å². The maximum atomic E-state index is 5.64. The van der Waals surface area contributed by atoms with Gasteiger partial charge in [0.05, 0.1) is 14.9 Å². The molecule has 2 heterocycles. The molecule has 6 heteroatoms. The predicted octanol–water partition coefficient (Wildman–Crippen LogP) is 4.68. The number of benzene rings is 2. The van der Waals surface area contributed by atoms with Gasteiger partial charge in [-0.2, -0.15) is 4.37 Å². The molecule has 1 aromatic heterocycles. The van der Waals surface area contributed by atoms with Gasteiger partial charge in [-0.05, 0) is 46.5 Å². The van der Waals surface area contributed by atoms with Crippen LogP contribution in [0, 0.1) is 0 Å². The molecule has 0 saturated carbocycles. The minimum Gasteiger partial charge on any atom is -0.453 e. The van der Waals surface area contributed by atoms with Crippen LogP contribution >= 0.6 is 27.5 Å². The first-order valence-electron chi connectivity index (χ1n) is 7.88. The van der Waals surface area contributed by atoms with Gasteiger partial charge in [-0.3, -0.25) is 0 Å². The highest BCUT2D eigenvalue weighted by Gasteiger charge is 2.23. The molecule has 4 nitrogen and oxygen atoms in total. The Morgan fingerprint density at radius 1 is 1.21 bits per heavy atom. The summed E-state index contributed by atoms with van der Waals surface area (Å²) in [6, 6.07) is 12.7. The second kappa shape index (κ2) is 6.70. The highest BCUT2D eigenvalue weighted by atomic mass is 79.9. The molecule has 1 atom stereocenters. The molecular weight excluding hydrogens is 388 g/mol. The lowest BCUT2D eigenvalue weighted by Crippen LogP contribution is -2.21. The van der Waals surface area contributed by atoms with Crippen LogP contribution in [0.2, 0.25) is 0 Å². The molecule has 0 spiro atoms. The Morgan fingerprint density at radius 2 is 2.04 bits per heavy atom.